The maximum absolute atomic E-state index is 5.97. The molecule has 0 atom stereocenters. The van der Waals surface area contributed by atoms with Crippen LogP contribution in [0.3, 0.4) is 0 Å². The Kier molecular flexibility index (Phi) is 11.2. The SMILES string of the molecule is C=CCOCCCCc1ccc(C=CC2CCC(OCCCC)CC2)cc1. The molecule has 2 nitrogen and oxygen atoms in total. The number of hydrogen-bond donors (Lipinski definition) is 0. The average Bonchev–Trinajstić information content (AvgIpc) is 2.71. The molecule has 0 unspecified atom stereocenters. The van der Waals surface area contributed by atoms with Gasteiger partial charge in [0.15, 0.2) is 0 Å². The van der Waals surface area contributed by atoms with Gasteiger partial charge in [-0.05, 0) is 68.4 Å². The molecule has 0 spiro atoms. The van der Waals surface area contributed by atoms with Crippen LogP contribution in [0.15, 0.2) is 43.0 Å². The van der Waals surface area contributed by atoms with Crippen molar-refractivity contribution in [1.29, 1.82) is 0 Å². The molecule has 0 N–H and O–H groups in total. The minimum atomic E-state index is 0.502. The van der Waals surface area contributed by atoms with Gasteiger partial charge in [0.2, 0.25) is 0 Å². The Hall–Kier alpha value is -1.38. The molecule has 1 aromatic carbocycles. The fourth-order valence-corrected chi connectivity index (χ4v) is 3.58. The van der Waals surface area contributed by atoms with Crippen molar-refractivity contribution in [1.82, 2.24) is 0 Å². The fraction of sp³-hybridized carbons (Fsp3) is 0.600. The van der Waals surface area contributed by atoms with E-state index in [4.69, 9.17) is 9.47 Å². The van der Waals surface area contributed by atoms with Crippen LogP contribution in [-0.2, 0) is 15.9 Å². The van der Waals surface area contributed by atoms with Gasteiger partial charge in [-0.2, -0.15) is 0 Å². The summed E-state index contributed by atoms with van der Waals surface area (Å²) in [6.45, 7) is 8.31. The standard InChI is InChI=1S/C25H38O2/c1-3-5-21-27-25-17-15-24(16-18-25)14-13-23-11-9-22(10-12-23)8-6-7-20-26-19-4-2/h4,9-14,24-25H,2-3,5-8,15-21H2,1H3. The Labute approximate surface area is 166 Å². The van der Waals surface area contributed by atoms with Crippen molar-refractivity contribution in [2.75, 3.05) is 19.8 Å². The molecule has 0 aromatic heterocycles. The monoisotopic (exact) mass is 370 g/mol. The van der Waals surface area contributed by atoms with Gasteiger partial charge < -0.3 is 9.47 Å². The van der Waals surface area contributed by atoms with Crippen molar-refractivity contribution in [3.8, 4) is 0 Å². The van der Waals surface area contributed by atoms with E-state index in [1.165, 1.54) is 56.1 Å². The van der Waals surface area contributed by atoms with Crippen LogP contribution in [0.2, 0.25) is 0 Å². The summed E-state index contributed by atoms with van der Waals surface area (Å²) >= 11 is 0. The van der Waals surface area contributed by atoms with E-state index >= 15 is 0 Å². The van der Waals surface area contributed by atoms with E-state index in [2.05, 4.69) is 49.9 Å². The van der Waals surface area contributed by atoms with E-state index < -0.39 is 0 Å². The molecule has 2 rings (SSSR count). The second kappa shape index (κ2) is 13.7. The third-order valence-electron chi connectivity index (χ3n) is 5.35. The Balaban J connectivity index is 1.63. The molecule has 1 saturated carbocycles. The molecule has 0 radical (unpaired) electrons. The van der Waals surface area contributed by atoms with Crippen molar-refractivity contribution in [2.45, 2.75) is 70.8 Å². The van der Waals surface area contributed by atoms with E-state index in [1.54, 1.807) is 6.08 Å². The smallest absolute Gasteiger partial charge is 0.0644 e. The molecule has 1 fully saturated rings. The summed E-state index contributed by atoms with van der Waals surface area (Å²) in [4.78, 5) is 0. The van der Waals surface area contributed by atoms with Gasteiger partial charge in [-0.15, -0.1) is 6.58 Å². The number of hydrogen-bond acceptors (Lipinski definition) is 2. The van der Waals surface area contributed by atoms with Crippen molar-refractivity contribution < 1.29 is 9.47 Å². The van der Waals surface area contributed by atoms with Gasteiger partial charge in [0, 0.05) is 13.2 Å². The lowest BCUT2D eigenvalue weighted by Gasteiger charge is -2.26. The minimum absolute atomic E-state index is 0.502. The maximum atomic E-state index is 5.97. The van der Waals surface area contributed by atoms with Crippen LogP contribution in [0.5, 0.6) is 0 Å². The van der Waals surface area contributed by atoms with Crippen LogP contribution in [0.4, 0.5) is 0 Å². The first-order valence-corrected chi connectivity index (χ1v) is 10.9. The summed E-state index contributed by atoms with van der Waals surface area (Å²) < 4.78 is 11.4. The molecule has 0 bridgehead atoms. The highest BCUT2D eigenvalue weighted by Gasteiger charge is 2.19. The zero-order chi connectivity index (χ0) is 19.2. The molecule has 1 aliphatic rings. The predicted molar refractivity (Wildman–Crippen MR) is 116 cm³/mol. The topological polar surface area (TPSA) is 18.5 Å². The molecule has 2 heteroatoms. The number of rotatable bonds is 13. The molecule has 0 amide bonds. The molecule has 150 valence electrons. The molecular weight excluding hydrogens is 332 g/mol. The van der Waals surface area contributed by atoms with Crippen molar-refractivity contribution in [2.24, 2.45) is 5.92 Å². The zero-order valence-corrected chi connectivity index (χ0v) is 17.2. The second-order valence-corrected chi connectivity index (χ2v) is 7.68. The van der Waals surface area contributed by atoms with Crippen LogP contribution in [0.1, 0.15) is 69.4 Å². The van der Waals surface area contributed by atoms with E-state index in [9.17, 15) is 0 Å². The van der Waals surface area contributed by atoms with Crippen LogP contribution < -0.4 is 0 Å². The summed E-state index contributed by atoms with van der Waals surface area (Å²) in [5.74, 6) is 0.714. The Morgan fingerprint density at radius 2 is 1.78 bits per heavy atom. The van der Waals surface area contributed by atoms with Crippen molar-refractivity contribution in [3.63, 3.8) is 0 Å². The number of ether oxygens (including phenoxy) is 2. The van der Waals surface area contributed by atoms with Gasteiger partial charge in [0.25, 0.3) is 0 Å². The zero-order valence-electron chi connectivity index (χ0n) is 17.2. The first kappa shape index (κ1) is 21.9. The Morgan fingerprint density at radius 3 is 2.48 bits per heavy atom. The summed E-state index contributed by atoms with van der Waals surface area (Å²) in [5, 5.41) is 0. The molecule has 1 aliphatic carbocycles. The van der Waals surface area contributed by atoms with Crippen LogP contribution >= 0.6 is 0 Å². The lowest BCUT2D eigenvalue weighted by atomic mass is 9.87. The van der Waals surface area contributed by atoms with Crippen molar-refractivity contribution >= 4 is 6.08 Å². The predicted octanol–water partition coefficient (Wildman–Crippen LogP) is 6.60. The lowest BCUT2D eigenvalue weighted by Crippen LogP contribution is -2.21. The number of benzene rings is 1. The molecule has 0 aliphatic heterocycles. The first-order valence-electron chi connectivity index (χ1n) is 10.9. The molecule has 27 heavy (non-hydrogen) atoms. The third kappa shape index (κ3) is 9.39. The van der Waals surface area contributed by atoms with Gasteiger partial charge >= 0.3 is 0 Å². The second-order valence-electron chi connectivity index (χ2n) is 7.68. The quantitative estimate of drug-likeness (QED) is 0.288. The summed E-state index contributed by atoms with van der Waals surface area (Å²) in [6.07, 6.45) is 17.8. The maximum Gasteiger partial charge on any atom is 0.0644 e. The normalized spacial score (nSPS) is 20.2. The highest BCUT2D eigenvalue weighted by atomic mass is 16.5. The van der Waals surface area contributed by atoms with Gasteiger partial charge in [-0.25, -0.2) is 0 Å². The summed E-state index contributed by atoms with van der Waals surface area (Å²) in [5.41, 5.74) is 2.73. The summed E-state index contributed by atoms with van der Waals surface area (Å²) in [6, 6.07) is 9.03. The van der Waals surface area contributed by atoms with Gasteiger partial charge in [-0.3, -0.25) is 0 Å². The average molecular weight is 371 g/mol. The molecule has 0 heterocycles. The van der Waals surface area contributed by atoms with Crippen molar-refractivity contribution in [3.05, 3.63) is 54.1 Å². The largest absolute Gasteiger partial charge is 0.378 e. The van der Waals surface area contributed by atoms with Crippen LogP contribution in [-0.4, -0.2) is 25.9 Å². The lowest BCUT2D eigenvalue weighted by molar-refractivity contribution is 0.0209. The highest BCUT2D eigenvalue weighted by Crippen LogP contribution is 2.28. The molecule has 0 saturated heterocycles. The van der Waals surface area contributed by atoms with E-state index in [0.717, 1.165) is 26.1 Å². The fourth-order valence-electron chi connectivity index (χ4n) is 3.58. The first-order chi connectivity index (χ1) is 13.3. The molecule has 1 aromatic rings. The third-order valence-corrected chi connectivity index (χ3v) is 5.35. The van der Waals surface area contributed by atoms with Crippen LogP contribution in [0.25, 0.3) is 6.08 Å². The Morgan fingerprint density at radius 1 is 1.00 bits per heavy atom. The van der Waals surface area contributed by atoms with Gasteiger partial charge in [0.1, 0.15) is 0 Å². The van der Waals surface area contributed by atoms with Gasteiger partial charge in [-0.1, -0.05) is 55.8 Å². The highest BCUT2D eigenvalue weighted by molar-refractivity contribution is 5.50. The number of aryl methyl sites for hydroxylation is 1. The van der Waals surface area contributed by atoms with E-state index in [1.807, 2.05) is 0 Å². The van der Waals surface area contributed by atoms with Gasteiger partial charge in [0.05, 0.1) is 12.7 Å². The van der Waals surface area contributed by atoms with E-state index in [-0.39, 0.29) is 0 Å². The number of unbranched alkanes of at least 4 members (excludes halogenated alkanes) is 2. The van der Waals surface area contributed by atoms with Crippen LogP contribution in [0, 0.1) is 5.92 Å². The Bertz CT molecular complexity index is 524. The molecular formula is C25H38O2. The van der Waals surface area contributed by atoms with E-state index in [0.29, 0.717) is 18.6 Å². The minimum Gasteiger partial charge on any atom is -0.378 e. The number of allylic oxidation sites excluding steroid dienone is 1. The summed E-state index contributed by atoms with van der Waals surface area (Å²) in [7, 11) is 0.